The molecule has 0 amide bonds. The van der Waals surface area contributed by atoms with Crippen molar-refractivity contribution in [1.29, 1.82) is 0 Å². The number of aromatic nitrogens is 3. The van der Waals surface area contributed by atoms with Crippen LogP contribution >= 0.6 is 15.9 Å². The molecule has 102 valence electrons. The molecule has 1 atom stereocenters. The summed E-state index contributed by atoms with van der Waals surface area (Å²) in [5, 5.41) is 3.37. The minimum Gasteiger partial charge on any atom is -0.376 e. The zero-order valence-electron chi connectivity index (χ0n) is 10.4. The molecule has 0 spiro atoms. The molecule has 1 aliphatic rings. The third-order valence-corrected chi connectivity index (χ3v) is 3.41. The number of halogens is 1. The number of hydrogen-bond acceptors (Lipinski definition) is 5. The van der Waals surface area contributed by atoms with Crippen LogP contribution in [0.15, 0.2) is 23.2 Å². The molecular formula is C12H15BrN4O2. The first kappa shape index (κ1) is 13.0. The van der Waals surface area contributed by atoms with E-state index in [-0.39, 0.29) is 6.10 Å². The van der Waals surface area contributed by atoms with Gasteiger partial charge >= 0.3 is 0 Å². The van der Waals surface area contributed by atoms with Gasteiger partial charge in [-0.3, -0.25) is 4.40 Å². The highest BCUT2D eigenvalue weighted by atomic mass is 79.9. The van der Waals surface area contributed by atoms with Crippen molar-refractivity contribution in [2.45, 2.75) is 12.6 Å². The topological polar surface area (TPSA) is 60.7 Å². The predicted octanol–water partition coefficient (Wildman–Crippen LogP) is 0.997. The van der Waals surface area contributed by atoms with E-state index in [1.165, 1.54) is 0 Å². The van der Waals surface area contributed by atoms with Crippen LogP contribution < -0.4 is 5.32 Å². The highest BCUT2D eigenvalue weighted by molar-refractivity contribution is 9.10. The molecule has 0 saturated carbocycles. The van der Waals surface area contributed by atoms with Gasteiger partial charge in [-0.15, -0.1) is 0 Å². The molecule has 6 nitrogen and oxygen atoms in total. The van der Waals surface area contributed by atoms with Gasteiger partial charge in [-0.2, -0.15) is 0 Å². The smallest absolute Gasteiger partial charge is 0.155 e. The standard InChI is InChI=1S/C12H15BrN4O2/c13-11-7-17-9(4-16-12(17)6-15-11)3-14-5-10-8-18-1-2-19-10/h4,6-7,10,14H,1-3,5,8H2. The van der Waals surface area contributed by atoms with Crippen LogP contribution in [0.1, 0.15) is 5.69 Å². The second-order valence-corrected chi connectivity index (χ2v) is 5.20. The molecule has 1 fully saturated rings. The summed E-state index contributed by atoms with van der Waals surface area (Å²) in [5.74, 6) is 0. The number of imidazole rings is 1. The van der Waals surface area contributed by atoms with Gasteiger partial charge in [0.05, 0.1) is 44.0 Å². The van der Waals surface area contributed by atoms with Gasteiger partial charge in [-0.1, -0.05) is 0 Å². The van der Waals surface area contributed by atoms with Crippen LogP contribution in [0.5, 0.6) is 0 Å². The number of nitrogens with zero attached hydrogens (tertiary/aromatic N) is 3. The zero-order valence-corrected chi connectivity index (χ0v) is 12.0. The maximum atomic E-state index is 5.58. The Morgan fingerprint density at radius 3 is 3.16 bits per heavy atom. The van der Waals surface area contributed by atoms with E-state index in [9.17, 15) is 0 Å². The van der Waals surface area contributed by atoms with Crippen molar-refractivity contribution in [3.63, 3.8) is 0 Å². The summed E-state index contributed by atoms with van der Waals surface area (Å²) in [5.41, 5.74) is 1.94. The predicted molar refractivity (Wildman–Crippen MR) is 73.0 cm³/mol. The molecule has 0 bridgehead atoms. The van der Waals surface area contributed by atoms with Crippen molar-refractivity contribution in [2.24, 2.45) is 0 Å². The summed E-state index contributed by atoms with van der Waals surface area (Å²) in [7, 11) is 0. The Bertz CT molecular complexity index is 554. The minimum atomic E-state index is 0.140. The van der Waals surface area contributed by atoms with E-state index in [0.717, 1.165) is 29.0 Å². The van der Waals surface area contributed by atoms with Crippen molar-refractivity contribution in [3.05, 3.63) is 28.9 Å². The van der Waals surface area contributed by atoms with E-state index >= 15 is 0 Å². The van der Waals surface area contributed by atoms with Gasteiger partial charge in [0.2, 0.25) is 0 Å². The summed E-state index contributed by atoms with van der Waals surface area (Å²) in [6, 6.07) is 0. The van der Waals surface area contributed by atoms with Gasteiger partial charge in [0.25, 0.3) is 0 Å². The van der Waals surface area contributed by atoms with Crippen molar-refractivity contribution in [3.8, 4) is 0 Å². The summed E-state index contributed by atoms with van der Waals surface area (Å²) >= 11 is 3.37. The van der Waals surface area contributed by atoms with Gasteiger partial charge in [0.15, 0.2) is 5.65 Å². The Kier molecular flexibility index (Phi) is 4.07. The van der Waals surface area contributed by atoms with E-state index in [2.05, 4.69) is 31.2 Å². The fraction of sp³-hybridized carbons (Fsp3) is 0.500. The van der Waals surface area contributed by atoms with E-state index in [0.29, 0.717) is 19.8 Å². The lowest BCUT2D eigenvalue weighted by molar-refractivity contribution is -0.0864. The van der Waals surface area contributed by atoms with Crippen LogP contribution in [0.3, 0.4) is 0 Å². The largest absolute Gasteiger partial charge is 0.376 e. The van der Waals surface area contributed by atoms with Crippen LogP contribution in [-0.4, -0.2) is 46.8 Å². The lowest BCUT2D eigenvalue weighted by Crippen LogP contribution is -2.37. The molecule has 1 saturated heterocycles. The number of rotatable bonds is 4. The van der Waals surface area contributed by atoms with Crippen molar-refractivity contribution in [2.75, 3.05) is 26.4 Å². The summed E-state index contributed by atoms with van der Waals surface area (Å²) in [6.07, 6.45) is 5.65. The fourth-order valence-electron chi connectivity index (χ4n) is 2.06. The highest BCUT2D eigenvalue weighted by Gasteiger charge is 2.13. The molecule has 1 unspecified atom stereocenters. The first-order valence-electron chi connectivity index (χ1n) is 6.20. The maximum absolute atomic E-state index is 5.58. The Morgan fingerprint density at radius 1 is 1.37 bits per heavy atom. The van der Waals surface area contributed by atoms with Crippen LogP contribution in [0.25, 0.3) is 5.65 Å². The lowest BCUT2D eigenvalue weighted by Gasteiger charge is -2.23. The third kappa shape index (κ3) is 3.11. The number of fused-ring (bicyclic) bond motifs is 1. The van der Waals surface area contributed by atoms with E-state index in [1.807, 2.05) is 16.8 Å². The van der Waals surface area contributed by atoms with Crippen LogP contribution in [0.2, 0.25) is 0 Å². The first-order valence-corrected chi connectivity index (χ1v) is 7.00. The Hall–Kier alpha value is -1.02. The fourth-order valence-corrected chi connectivity index (χ4v) is 2.37. The number of nitrogens with one attached hydrogen (secondary N) is 1. The quantitative estimate of drug-likeness (QED) is 0.908. The average molecular weight is 327 g/mol. The molecule has 2 aromatic heterocycles. The summed E-state index contributed by atoms with van der Waals surface area (Å²) < 4.78 is 13.7. The third-order valence-electron chi connectivity index (χ3n) is 3.00. The SMILES string of the molecule is Brc1cn2c(CNCC3COCCO3)cnc2cn1. The monoisotopic (exact) mass is 326 g/mol. The van der Waals surface area contributed by atoms with Gasteiger partial charge in [-0.05, 0) is 15.9 Å². The zero-order chi connectivity index (χ0) is 13.1. The second kappa shape index (κ2) is 5.96. The van der Waals surface area contributed by atoms with Gasteiger partial charge in [-0.25, -0.2) is 9.97 Å². The maximum Gasteiger partial charge on any atom is 0.155 e. The van der Waals surface area contributed by atoms with Crippen molar-refractivity contribution < 1.29 is 9.47 Å². The van der Waals surface area contributed by atoms with Gasteiger partial charge < -0.3 is 14.8 Å². The van der Waals surface area contributed by atoms with Crippen LogP contribution in [-0.2, 0) is 16.0 Å². The molecular weight excluding hydrogens is 312 g/mol. The summed E-state index contributed by atoms with van der Waals surface area (Å²) in [6.45, 7) is 3.55. The van der Waals surface area contributed by atoms with Crippen molar-refractivity contribution in [1.82, 2.24) is 19.7 Å². The van der Waals surface area contributed by atoms with Crippen molar-refractivity contribution >= 4 is 21.6 Å². The molecule has 2 aromatic rings. The van der Waals surface area contributed by atoms with Gasteiger partial charge in [0, 0.05) is 19.3 Å². The Labute approximate surface area is 119 Å². The molecule has 3 heterocycles. The van der Waals surface area contributed by atoms with Crippen LogP contribution in [0, 0.1) is 0 Å². The van der Waals surface area contributed by atoms with Crippen LogP contribution in [0.4, 0.5) is 0 Å². The first-order chi connectivity index (χ1) is 9.33. The molecule has 7 heteroatoms. The van der Waals surface area contributed by atoms with Gasteiger partial charge in [0.1, 0.15) is 4.60 Å². The highest BCUT2D eigenvalue weighted by Crippen LogP contribution is 2.10. The molecule has 0 aliphatic carbocycles. The molecule has 1 N–H and O–H groups in total. The number of ether oxygens (including phenoxy) is 2. The van der Waals surface area contributed by atoms with E-state index in [1.54, 1.807) is 6.20 Å². The average Bonchev–Trinajstić information content (AvgIpc) is 2.83. The molecule has 0 aromatic carbocycles. The Morgan fingerprint density at radius 2 is 2.32 bits per heavy atom. The van der Waals surface area contributed by atoms with E-state index < -0.39 is 0 Å². The molecule has 0 radical (unpaired) electrons. The van der Waals surface area contributed by atoms with E-state index in [4.69, 9.17) is 9.47 Å². The summed E-state index contributed by atoms with van der Waals surface area (Å²) in [4.78, 5) is 8.46. The second-order valence-electron chi connectivity index (χ2n) is 4.39. The lowest BCUT2D eigenvalue weighted by atomic mass is 10.3. The number of hydrogen-bond donors (Lipinski definition) is 1. The normalized spacial score (nSPS) is 19.9. The minimum absolute atomic E-state index is 0.140. The molecule has 3 rings (SSSR count). The molecule has 19 heavy (non-hydrogen) atoms. The Balaban J connectivity index is 1.60. The molecule has 1 aliphatic heterocycles.